The van der Waals surface area contributed by atoms with E-state index in [2.05, 4.69) is 42.5 Å². The average Bonchev–Trinajstić information content (AvgIpc) is 3.44. The van der Waals surface area contributed by atoms with Crippen LogP contribution in [0.1, 0.15) is 31.2 Å². The van der Waals surface area contributed by atoms with Gasteiger partial charge in [0.25, 0.3) is 0 Å². The van der Waals surface area contributed by atoms with Crippen molar-refractivity contribution in [2.45, 2.75) is 25.7 Å². The highest BCUT2D eigenvalue weighted by molar-refractivity contribution is 5.86. The van der Waals surface area contributed by atoms with Crippen LogP contribution in [0.4, 0.5) is 0 Å². The summed E-state index contributed by atoms with van der Waals surface area (Å²) >= 11 is 0. The molecular weight excluding hydrogens is 312 g/mol. The van der Waals surface area contributed by atoms with E-state index >= 15 is 0 Å². The topological polar surface area (TPSA) is 40.6 Å². The molecular formula is C21H24N2O2. The zero-order valence-electron chi connectivity index (χ0n) is 14.6. The van der Waals surface area contributed by atoms with Crippen LogP contribution in [-0.4, -0.2) is 47.8 Å². The van der Waals surface area contributed by atoms with Crippen molar-refractivity contribution in [1.29, 1.82) is 0 Å². The number of fused-ring (bicyclic) bond motifs is 1. The van der Waals surface area contributed by atoms with Gasteiger partial charge in [-0.15, -0.1) is 0 Å². The van der Waals surface area contributed by atoms with Crippen molar-refractivity contribution in [3.8, 4) is 0 Å². The first-order valence-corrected chi connectivity index (χ1v) is 9.16. The summed E-state index contributed by atoms with van der Waals surface area (Å²) < 4.78 is 0. The SMILES string of the molecule is CC(=O)N1CCCN(C(=O)[C@@H]2C[C@H]2c2ccc3ccccc3c2)CC1. The average molecular weight is 336 g/mol. The third-order valence-corrected chi connectivity index (χ3v) is 5.56. The highest BCUT2D eigenvalue weighted by Gasteiger charge is 2.45. The lowest BCUT2D eigenvalue weighted by Gasteiger charge is -2.21. The maximum absolute atomic E-state index is 12.9. The fraction of sp³-hybridized carbons (Fsp3) is 0.429. The molecule has 2 amide bonds. The molecule has 1 saturated carbocycles. The van der Waals surface area contributed by atoms with Crippen molar-refractivity contribution >= 4 is 22.6 Å². The molecule has 2 fully saturated rings. The lowest BCUT2D eigenvalue weighted by molar-refractivity contribution is -0.133. The van der Waals surface area contributed by atoms with E-state index in [1.54, 1.807) is 6.92 Å². The minimum absolute atomic E-state index is 0.106. The Morgan fingerprint density at radius 1 is 0.920 bits per heavy atom. The number of nitrogens with zero attached hydrogens (tertiary/aromatic N) is 2. The van der Waals surface area contributed by atoms with Crippen LogP contribution in [-0.2, 0) is 9.59 Å². The van der Waals surface area contributed by atoms with Crippen molar-refractivity contribution in [3.63, 3.8) is 0 Å². The Bertz CT molecular complexity index is 816. The third kappa shape index (κ3) is 3.26. The van der Waals surface area contributed by atoms with E-state index < -0.39 is 0 Å². The first kappa shape index (κ1) is 16.1. The highest BCUT2D eigenvalue weighted by atomic mass is 16.2. The summed E-state index contributed by atoms with van der Waals surface area (Å²) in [6.45, 7) is 4.46. The second-order valence-electron chi connectivity index (χ2n) is 7.24. The lowest BCUT2D eigenvalue weighted by Crippen LogP contribution is -2.37. The maximum atomic E-state index is 12.9. The third-order valence-electron chi connectivity index (χ3n) is 5.56. The first-order valence-electron chi connectivity index (χ1n) is 9.16. The molecule has 130 valence electrons. The Kier molecular flexibility index (Phi) is 4.20. The summed E-state index contributed by atoms with van der Waals surface area (Å²) in [5.74, 6) is 0.840. The number of carbonyl (C=O) groups excluding carboxylic acids is 2. The van der Waals surface area contributed by atoms with Gasteiger partial charge in [-0.25, -0.2) is 0 Å². The van der Waals surface area contributed by atoms with Gasteiger partial charge in [0.2, 0.25) is 11.8 Å². The standard InChI is InChI=1S/C21H24N2O2/c1-15(24)22-9-4-10-23(12-11-22)21(25)20-14-19(20)18-8-7-16-5-2-3-6-17(16)13-18/h2-3,5-8,13,19-20H,4,9-12,14H2,1H3/t19-,20+/m0/s1. The van der Waals surface area contributed by atoms with Gasteiger partial charge in [-0.05, 0) is 35.1 Å². The van der Waals surface area contributed by atoms with Crippen molar-refractivity contribution < 1.29 is 9.59 Å². The monoisotopic (exact) mass is 336 g/mol. The second kappa shape index (κ2) is 6.51. The number of rotatable bonds is 2. The Labute approximate surface area is 148 Å². The molecule has 0 radical (unpaired) electrons. The predicted octanol–water partition coefficient (Wildman–Crippen LogP) is 3.02. The fourth-order valence-electron chi connectivity index (χ4n) is 3.96. The van der Waals surface area contributed by atoms with Crippen LogP contribution in [0.2, 0.25) is 0 Å². The number of hydrogen-bond acceptors (Lipinski definition) is 2. The zero-order chi connectivity index (χ0) is 17.4. The van der Waals surface area contributed by atoms with Gasteiger partial charge in [-0.1, -0.05) is 42.5 Å². The van der Waals surface area contributed by atoms with Crippen LogP contribution in [0.25, 0.3) is 10.8 Å². The summed E-state index contributed by atoms with van der Waals surface area (Å²) in [5.41, 5.74) is 1.28. The molecule has 0 spiro atoms. The van der Waals surface area contributed by atoms with Crippen LogP contribution >= 0.6 is 0 Å². The predicted molar refractivity (Wildman–Crippen MR) is 98.2 cm³/mol. The molecule has 0 N–H and O–H groups in total. The van der Waals surface area contributed by atoms with Crippen LogP contribution in [0, 0.1) is 5.92 Å². The molecule has 0 bridgehead atoms. The van der Waals surface area contributed by atoms with Crippen molar-refractivity contribution in [3.05, 3.63) is 48.0 Å². The smallest absolute Gasteiger partial charge is 0.226 e. The summed E-state index contributed by atoms with van der Waals surface area (Å²) in [6.07, 6.45) is 1.82. The molecule has 4 heteroatoms. The molecule has 1 aliphatic heterocycles. The Morgan fingerprint density at radius 3 is 2.44 bits per heavy atom. The van der Waals surface area contributed by atoms with Gasteiger partial charge in [0.05, 0.1) is 0 Å². The quantitative estimate of drug-likeness (QED) is 0.846. The molecule has 1 aliphatic carbocycles. The van der Waals surface area contributed by atoms with Gasteiger partial charge in [0, 0.05) is 39.0 Å². The summed E-state index contributed by atoms with van der Waals surface area (Å²) in [5, 5.41) is 2.48. The largest absolute Gasteiger partial charge is 0.341 e. The molecule has 2 aromatic rings. The van der Waals surface area contributed by atoms with E-state index in [1.165, 1.54) is 16.3 Å². The van der Waals surface area contributed by atoms with Crippen LogP contribution < -0.4 is 0 Å². The zero-order valence-corrected chi connectivity index (χ0v) is 14.6. The number of hydrogen-bond donors (Lipinski definition) is 0. The van der Waals surface area contributed by atoms with Crippen LogP contribution in [0.3, 0.4) is 0 Å². The van der Waals surface area contributed by atoms with Gasteiger partial charge in [-0.2, -0.15) is 0 Å². The second-order valence-corrected chi connectivity index (χ2v) is 7.24. The molecule has 2 atom stereocenters. The van der Waals surface area contributed by atoms with E-state index in [-0.39, 0.29) is 17.7 Å². The summed E-state index contributed by atoms with van der Waals surface area (Å²) in [7, 11) is 0. The van der Waals surface area contributed by atoms with Crippen molar-refractivity contribution in [2.75, 3.05) is 26.2 Å². The van der Waals surface area contributed by atoms with Gasteiger partial charge >= 0.3 is 0 Å². The maximum Gasteiger partial charge on any atom is 0.226 e. The van der Waals surface area contributed by atoms with Gasteiger partial charge < -0.3 is 9.80 Å². The molecule has 2 aromatic carbocycles. The number of carbonyl (C=O) groups is 2. The molecule has 1 saturated heterocycles. The van der Waals surface area contributed by atoms with E-state index in [9.17, 15) is 9.59 Å². The van der Waals surface area contributed by atoms with Crippen molar-refractivity contribution in [2.24, 2.45) is 5.92 Å². The minimum atomic E-state index is 0.106. The molecule has 0 aromatic heterocycles. The molecule has 1 heterocycles. The Morgan fingerprint density at radius 2 is 1.64 bits per heavy atom. The lowest BCUT2D eigenvalue weighted by atomic mass is 10.0. The summed E-state index contributed by atoms with van der Waals surface area (Å²) in [4.78, 5) is 28.2. The molecule has 0 unspecified atom stereocenters. The van der Waals surface area contributed by atoms with Crippen molar-refractivity contribution in [1.82, 2.24) is 9.80 Å². The van der Waals surface area contributed by atoms with Gasteiger partial charge in [-0.3, -0.25) is 9.59 Å². The minimum Gasteiger partial charge on any atom is -0.341 e. The highest BCUT2D eigenvalue weighted by Crippen LogP contribution is 2.49. The van der Waals surface area contributed by atoms with E-state index in [0.717, 1.165) is 25.9 Å². The Hall–Kier alpha value is -2.36. The Balaban J connectivity index is 1.43. The first-order chi connectivity index (χ1) is 12.1. The van der Waals surface area contributed by atoms with E-state index in [1.807, 2.05) is 9.80 Å². The molecule has 25 heavy (non-hydrogen) atoms. The fourth-order valence-corrected chi connectivity index (χ4v) is 3.96. The summed E-state index contributed by atoms with van der Waals surface area (Å²) in [6, 6.07) is 14.9. The molecule has 2 aliphatic rings. The number of benzene rings is 2. The van der Waals surface area contributed by atoms with Crippen LogP contribution in [0.5, 0.6) is 0 Å². The van der Waals surface area contributed by atoms with Gasteiger partial charge in [0.1, 0.15) is 0 Å². The van der Waals surface area contributed by atoms with E-state index in [0.29, 0.717) is 19.0 Å². The molecule has 4 nitrogen and oxygen atoms in total. The molecule has 4 rings (SSSR count). The van der Waals surface area contributed by atoms with E-state index in [4.69, 9.17) is 0 Å². The van der Waals surface area contributed by atoms with Gasteiger partial charge in [0.15, 0.2) is 0 Å². The normalized spacial score (nSPS) is 23.4. The number of amides is 2. The van der Waals surface area contributed by atoms with Crippen LogP contribution in [0.15, 0.2) is 42.5 Å².